The van der Waals surface area contributed by atoms with E-state index in [0.29, 0.717) is 122 Å². The van der Waals surface area contributed by atoms with Crippen LogP contribution in [0, 0.1) is 34.9 Å². The van der Waals surface area contributed by atoms with Crippen molar-refractivity contribution >= 4 is 79.7 Å². The number of halogens is 6. The highest BCUT2D eigenvalue weighted by atomic mass is 19.1. The molecule has 18 rings (SSSR count). The van der Waals surface area contributed by atoms with Crippen molar-refractivity contribution in [3.8, 4) is 50.8 Å². The summed E-state index contributed by atoms with van der Waals surface area (Å²) in [6.45, 7) is 37.4. The molecule has 6 aliphatic heterocycles. The van der Waals surface area contributed by atoms with Crippen LogP contribution in [0.3, 0.4) is 0 Å². The van der Waals surface area contributed by atoms with E-state index in [1.165, 1.54) is 74.4 Å². The van der Waals surface area contributed by atoms with Gasteiger partial charge in [-0.05, 0) is 209 Å². The van der Waals surface area contributed by atoms with Gasteiger partial charge in [-0.1, -0.05) is 146 Å². The molecule has 12 aromatic rings. The van der Waals surface area contributed by atoms with E-state index in [1.807, 2.05) is 143 Å². The maximum atomic E-state index is 16.4. The van der Waals surface area contributed by atoms with Crippen molar-refractivity contribution in [3.63, 3.8) is 0 Å². The zero-order chi connectivity index (χ0) is 95.6. The molecule has 3 fully saturated rings. The standard InChI is InChI=1S/C35H38F2N6O2.C35H35F2N5O3.C35H37F2N5O2/c1-7-29(44)41-18-22(5)42(19-21(41)4)33-25-17-27(37)31-30-26(36)14-9-15-28(30)40(6)16-10-12-23-11-8-13-24(20(2)3)32(23)43(34(25)38-31)35(45)39-33;1-6-29(44)40-17-21(5)41(18-20(40)4)33-26-16-28(37)31-30-23(10-8-12-27(30)36)15-24(43)14-13-22-9-7-11-25(19(2)3)32(22)42(34(26)38-31)35(45)39-33;1-6-29(43)40-18-22(5)41(19-21(40)4)33-26-17-28(37)31-30-23(13-10-16-27(30)36)11-7-8-12-24-14-9-15-25(20(2)3)32(24)42(34(26)38-31)35(44)39-33/h7-9,11,13-15,17,20-22H,1,10,12,16,18-19H2,2-6H3;6-12,16,19-21H,1,13-15,17-18H2,2-5H3;6,9-10,13-17,20-22H,1,7-8,11-12,18-19H2,2-5H3/t21-,22+;20-,21+;21-,22+/m111/s1. The van der Waals surface area contributed by atoms with Gasteiger partial charge in [-0.2, -0.15) is 15.0 Å². The lowest BCUT2D eigenvalue weighted by Gasteiger charge is -2.44. The van der Waals surface area contributed by atoms with E-state index in [9.17, 15) is 33.6 Å². The normalized spacial score (nSPS) is 18.5. The van der Waals surface area contributed by atoms with E-state index >= 15 is 26.3 Å². The topological polar surface area (TPSA) is 234 Å². The van der Waals surface area contributed by atoms with Crippen LogP contribution >= 0.6 is 0 Å². The first-order valence-electron chi connectivity index (χ1n) is 46.0. The Morgan fingerprint density at radius 3 is 1.05 bits per heavy atom. The summed E-state index contributed by atoms with van der Waals surface area (Å²) in [6, 6.07) is 34.0. The molecule has 0 aliphatic carbocycles. The number of para-hydroxylation sites is 3. The number of ketones is 1. The van der Waals surface area contributed by atoms with Gasteiger partial charge in [0.2, 0.25) is 17.7 Å². The molecule has 694 valence electrons. The summed E-state index contributed by atoms with van der Waals surface area (Å²) in [6.07, 6.45) is 8.51. The van der Waals surface area contributed by atoms with Gasteiger partial charge in [-0.3, -0.25) is 19.2 Å². The monoisotopic (exact) mass is 1820 g/mol. The first-order valence-corrected chi connectivity index (χ1v) is 46.0. The quantitative estimate of drug-likeness (QED) is 0.0965. The van der Waals surface area contributed by atoms with Crippen LogP contribution < -0.4 is 36.7 Å². The Bertz CT molecular complexity index is 6970. The lowest BCUT2D eigenvalue weighted by Crippen LogP contribution is -2.58. The van der Waals surface area contributed by atoms with Crippen LogP contribution in [0.5, 0.6) is 0 Å². The molecular formula is C105H110F6N16O7. The molecule has 0 saturated carbocycles. The molecule has 6 aliphatic rings. The van der Waals surface area contributed by atoms with Gasteiger partial charge in [0.15, 0.2) is 22.8 Å². The molecule has 3 saturated heterocycles. The van der Waals surface area contributed by atoms with Crippen LogP contribution in [0.1, 0.15) is 171 Å². The molecule has 0 N–H and O–H groups in total. The van der Waals surface area contributed by atoms with Crippen molar-refractivity contribution < 1.29 is 45.5 Å². The highest BCUT2D eigenvalue weighted by Gasteiger charge is 2.40. The summed E-state index contributed by atoms with van der Waals surface area (Å²) in [5.74, 6) is -3.79. The molecule has 6 aromatic heterocycles. The molecule has 134 heavy (non-hydrogen) atoms. The average Bonchev–Trinajstić information content (AvgIpc) is 0.735. The summed E-state index contributed by atoms with van der Waals surface area (Å²) in [5, 5.41) is 0.980. The number of carbonyl (C=O) groups excluding carboxylic acids is 4. The highest BCUT2D eigenvalue weighted by Crippen LogP contribution is 2.44. The summed E-state index contributed by atoms with van der Waals surface area (Å²) < 4.78 is 99.9. The molecule has 0 radical (unpaired) electrons. The van der Waals surface area contributed by atoms with Gasteiger partial charge in [0, 0.05) is 119 Å². The predicted molar refractivity (Wildman–Crippen MR) is 514 cm³/mol. The zero-order valence-electron chi connectivity index (χ0n) is 77.8. The highest BCUT2D eigenvalue weighted by molar-refractivity contribution is 5.96. The lowest BCUT2D eigenvalue weighted by molar-refractivity contribution is -0.129. The number of Topliss-reactive ketones (excluding diaryl/α,β-unsaturated/α-hetero) is 1. The number of rotatable bonds is 9. The molecular weight excluding hydrogens is 1710 g/mol. The Balaban J connectivity index is 0.000000146. The second-order valence-electron chi connectivity index (χ2n) is 37.0. The third-order valence-electron chi connectivity index (χ3n) is 27.0. The number of hydrogen-bond acceptors (Lipinski definition) is 17. The fraction of sp³-hybridized carbons (Fsp3) is 0.362. The number of anilines is 4. The van der Waals surface area contributed by atoms with Crippen molar-refractivity contribution in [2.75, 3.05) is 72.5 Å². The average molecular weight is 1820 g/mol. The predicted octanol–water partition coefficient (Wildman–Crippen LogP) is 17.7. The third-order valence-corrected chi connectivity index (χ3v) is 27.0. The number of pyridine rings is 3. The molecule has 23 nitrogen and oxygen atoms in total. The molecule has 6 atom stereocenters. The van der Waals surface area contributed by atoms with Crippen molar-refractivity contribution in [2.45, 2.75) is 195 Å². The van der Waals surface area contributed by atoms with Crippen LogP contribution in [0.15, 0.2) is 180 Å². The van der Waals surface area contributed by atoms with Crippen molar-refractivity contribution in [1.82, 2.24) is 58.3 Å². The SMILES string of the molecule is C=CC(=O)N1C[C@H](C)N(c2nc(=O)n3c4nc(c(F)cc24)-c2c(F)cccc2CC(=O)CCc2cccc(C(C)C)c2-3)C[C@H]1C.C=CC(=O)N1C[C@H](C)N(c2nc(=O)n3c4nc(c(F)cc24)-c2c(F)cccc2CCCCc2cccc(C(C)C)c2-3)C[C@H]1C.C=CC(=O)N1C[C@H](C)N(c2nc(=O)n3c4nc(c(F)cc24)-c2c(F)cccc2N(C)CCCc2cccc(C(C)C)c2-3)C[C@H]1C. The van der Waals surface area contributed by atoms with Gasteiger partial charge in [0.1, 0.15) is 69.4 Å². The molecule has 0 spiro atoms. The van der Waals surface area contributed by atoms with Gasteiger partial charge < -0.3 is 34.3 Å². The Hall–Kier alpha value is -13.7. The molecule has 3 amide bonds. The van der Waals surface area contributed by atoms with Crippen LogP contribution in [0.4, 0.5) is 49.5 Å². The van der Waals surface area contributed by atoms with E-state index in [4.69, 9.17) is 15.0 Å². The summed E-state index contributed by atoms with van der Waals surface area (Å²) in [4.78, 5) is 135. The third kappa shape index (κ3) is 17.3. The number of carbonyl (C=O) groups is 4. The maximum Gasteiger partial charge on any atom is 0.355 e. The van der Waals surface area contributed by atoms with Gasteiger partial charge in [-0.25, -0.2) is 69.4 Å². The van der Waals surface area contributed by atoms with Gasteiger partial charge in [0.05, 0.1) is 38.8 Å². The van der Waals surface area contributed by atoms with Crippen LogP contribution in [-0.2, 0) is 51.3 Å². The van der Waals surface area contributed by atoms with Crippen molar-refractivity contribution in [3.05, 3.63) is 276 Å². The van der Waals surface area contributed by atoms with Crippen LogP contribution in [-0.4, -0.2) is 171 Å². The number of aromatic nitrogens is 9. The Kier molecular flexibility index (Phi) is 26.6. The Morgan fingerprint density at radius 1 is 0.366 bits per heavy atom. The smallest absolute Gasteiger partial charge is 0.355 e. The summed E-state index contributed by atoms with van der Waals surface area (Å²) in [5.41, 5.74) is 7.28. The van der Waals surface area contributed by atoms with Crippen LogP contribution in [0.25, 0.3) is 83.9 Å². The zero-order valence-corrected chi connectivity index (χ0v) is 77.8. The minimum absolute atomic E-state index is 0.0142. The largest absolute Gasteiger partial charge is 0.374 e. The number of hydrogen-bond donors (Lipinski definition) is 0. The van der Waals surface area contributed by atoms with Crippen molar-refractivity contribution in [2.24, 2.45) is 0 Å². The van der Waals surface area contributed by atoms with Gasteiger partial charge >= 0.3 is 17.1 Å². The Morgan fingerprint density at radius 2 is 0.679 bits per heavy atom. The van der Waals surface area contributed by atoms with E-state index in [0.717, 1.165) is 52.6 Å². The number of nitrogens with zero attached hydrogens (tertiary/aromatic N) is 16. The summed E-state index contributed by atoms with van der Waals surface area (Å²) >= 11 is 0. The fourth-order valence-electron chi connectivity index (χ4n) is 20.2. The maximum absolute atomic E-state index is 16.4. The van der Waals surface area contributed by atoms with E-state index in [-0.39, 0.29) is 158 Å². The second kappa shape index (κ2) is 38.1. The fourth-order valence-corrected chi connectivity index (χ4v) is 20.2. The number of fused-ring (bicyclic) bond motifs is 15. The summed E-state index contributed by atoms with van der Waals surface area (Å²) in [7, 11) is 1.87. The lowest BCUT2D eigenvalue weighted by atomic mass is 9.92. The van der Waals surface area contributed by atoms with E-state index in [2.05, 4.69) is 62.4 Å². The molecule has 6 bridgehead atoms. The van der Waals surface area contributed by atoms with Crippen molar-refractivity contribution in [1.29, 1.82) is 0 Å². The first kappa shape index (κ1) is 93.5. The molecule has 6 aromatic carbocycles. The minimum Gasteiger partial charge on any atom is -0.374 e. The Labute approximate surface area is 773 Å². The first-order chi connectivity index (χ1) is 64.1. The number of benzene rings is 6. The number of amides is 3. The second-order valence-corrected chi connectivity index (χ2v) is 37.0. The van der Waals surface area contributed by atoms with Crippen LogP contribution in [0.2, 0.25) is 0 Å². The van der Waals surface area contributed by atoms with E-state index in [1.54, 1.807) is 39.0 Å². The molecule has 0 unspecified atom stereocenters. The molecule has 29 heteroatoms. The van der Waals surface area contributed by atoms with Gasteiger partial charge in [-0.15, -0.1) is 0 Å². The van der Waals surface area contributed by atoms with E-state index < -0.39 is 52.0 Å². The number of aryl methyl sites for hydroxylation is 4. The number of piperazine rings is 3. The van der Waals surface area contributed by atoms with Gasteiger partial charge in [0.25, 0.3) is 0 Å². The minimum atomic E-state index is -0.801. The molecule has 12 heterocycles.